The summed E-state index contributed by atoms with van der Waals surface area (Å²) in [6.45, 7) is 0.547. The molecule has 0 aromatic heterocycles. The average molecular weight is 335 g/mol. The van der Waals surface area contributed by atoms with Crippen LogP contribution in [-0.4, -0.2) is 44.4 Å². The molecule has 0 radical (unpaired) electrons. The molecular formula is C13H19ClN2O2S2. The monoisotopic (exact) mass is 334 g/mol. The van der Waals surface area contributed by atoms with Crippen molar-refractivity contribution in [3.8, 4) is 0 Å². The van der Waals surface area contributed by atoms with Crippen LogP contribution >= 0.6 is 23.4 Å². The molecule has 0 bridgehead atoms. The van der Waals surface area contributed by atoms with Crippen LogP contribution in [0.3, 0.4) is 0 Å². The van der Waals surface area contributed by atoms with Gasteiger partial charge in [0.2, 0.25) is 10.0 Å². The Morgan fingerprint density at radius 1 is 1.50 bits per heavy atom. The van der Waals surface area contributed by atoms with E-state index < -0.39 is 10.0 Å². The molecule has 1 fully saturated rings. The van der Waals surface area contributed by atoms with Crippen molar-refractivity contribution in [2.24, 2.45) is 0 Å². The normalized spacial score (nSPS) is 19.7. The van der Waals surface area contributed by atoms with Crippen molar-refractivity contribution in [3.63, 3.8) is 0 Å². The van der Waals surface area contributed by atoms with Crippen LogP contribution in [0.4, 0.5) is 0 Å². The first-order valence-electron chi connectivity index (χ1n) is 6.45. The van der Waals surface area contributed by atoms with E-state index in [9.17, 15) is 8.42 Å². The fourth-order valence-corrected chi connectivity index (χ4v) is 5.19. The second kappa shape index (κ2) is 6.66. The molecule has 0 spiro atoms. The first kappa shape index (κ1) is 16.1. The molecule has 4 nitrogen and oxygen atoms in total. The van der Waals surface area contributed by atoms with Crippen molar-refractivity contribution in [2.75, 3.05) is 25.6 Å². The third-order valence-corrected chi connectivity index (χ3v) is 6.90. The zero-order chi connectivity index (χ0) is 14.8. The van der Waals surface area contributed by atoms with Crippen LogP contribution in [0.1, 0.15) is 12.0 Å². The number of nitrogens with zero attached hydrogens (tertiary/aromatic N) is 1. The van der Waals surface area contributed by atoms with Crippen molar-refractivity contribution in [3.05, 3.63) is 28.8 Å². The summed E-state index contributed by atoms with van der Waals surface area (Å²) in [7, 11) is 0.0235. The fourth-order valence-electron chi connectivity index (χ4n) is 2.21. The van der Waals surface area contributed by atoms with Gasteiger partial charge in [-0.05, 0) is 43.0 Å². The average Bonchev–Trinajstić information content (AvgIpc) is 2.94. The molecule has 1 saturated heterocycles. The lowest BCUT2D eigenvalue weighted by Crippen LogP contribution is -2.37. The summed E-state index contributed by atoms with van der Waals surface area (Å²) in [6, 6.07) is 4.98. The van der Waals surface area contributed by atoms with Crippen molar-refractivity contribution in [2.45, 2.75) is 23.9 Å². The Kier molecular flexibility index (Phi) is 5.36. The SMILES string of the molecule is CNCc1cc(S(=O)(=O)N(C)C2CCSC2)ccc1Cl. The van der Waals surface area contributed by atoms with E-state index in [1.165, 1.54) is 4.31 Å². The maximum Gasteiger partial charge on any atom is 0.243 e. The smallest absolute Gasteiger partial charge is 0.243 e. The molecule has 1 aliphatic heterocycles. The third-order valence-electron chi connectivity index (χ3n) is 3.48. The molecule has 0 saturated carbocycles. The van der Waals surface area contributed by atoms with Gasteiger partial charge in [-0.3, -0.25) is 0 Å². The van der Waals surface area contributed by atoms with Gasteiger partial charge in [-0.25, -0.2) is 8.42 Å². The molecule has 7 heteroatoms. The molecule has 1 unspecified atom stereocenters. The molecule has 1 aromatic carbocycles. The third kappa shape index (κ3) is 3.31. The fraction of sp³-hybridized carbons (Fsp3) is 0.538. The van der Waals surface area contributed by atoms with E-state index in [4.69, 9.17) is 11.6 Å². The maximum absolute atomic E-state index is 12.6. The van der Waals surface area contributed by atoms with Gasteiger partial charge in [0, 0.05) is 30.4 Å². The standard InChI is InChI=1S/C13H19ClN2O2S2/c1-15-8-10-7-12(3-4-13(10)14)20(17,18)16(2)11-5-6-19-9-11/h3-4,7,11,15H,5-6,8-9H2,1-2H3. The topological polar surface area (TPSA) is 49.4 Å². The number of nitrogens with one attached hydrogen (secondary N) is 1. The maximum atomic E-state index is 12.6. The minimum atomic E-state index is -3.45. The number of rotatable bonds is 5. The quantitative estimate of drug-likeness (QED) is 0.896. The van der Waals surface area contributed by atoms with Gasteiger partial charge in [0.05, 0.1) is 4.90 Å². The van der Waals surface area contributed by atoms with Gasteiger partial charge in [0.1, 0.15) is 0 Å². The zero-order valence-electron chi connectivity index (χ0n) is 11.6. The van der Waals surface area contributed by atoms with E-state index in [-0.39, 0.29) is 6.04 Å². The minimum absolute atomic E-state index is 0.0911. The predicted molar refractivity (Wildman–Crippen MR) is 84.9 cm³/mol. The van der Waals surface area contributed by atoms with Gasteiger partial charge in [-0.1, -0.05) is 11.6 Å². The second-order valence-corrected chi connectivity index (χ2v) is 8.38. The van der Waals surface area contributed by atoms with Crippen LogP contribution in [0, 0.1) is 0 Å². The number of sulfonamides is 1. The van der Waals surface area contributed by atoms with E-state index >= 15 is 0 Å². The molecule has 0 aliphatic carbocycles. The number of thioether (sulfide) groups is 1. The van der Waals surface area contributed by atoms with E-state index in [1.54, 1.807) is 44.1 Å². The Morgan fingerprint density at radius 2 is 2.25 bits per heavy atom. The van der Waals surface area contributed by atoms with Gasteiger partial charge < -0.3 is 5.32 Å². The summed E-state index contributed by atoms with van der Waals surface area (Å²) in [5, 5.41) is 3.57. The number of halogens is 1. The molecule has 1 heterocycles. The summed E-state index contributed by atoms with van der Waals surface area (Å²) < 4.78 is 26.8. The largest absolute Gasteiger partial charge is 0.316 e. The van der Waals surface area contributed by atoms with Gasteiger partial charge in [0.15, 0.2) is 0 Å². The summed E-state index contributed by atoms with van der Waals surface area (Å²) in [6.07, 6.45) is 0.914. The number of hydrogen-bond acceptors (Lipinski definition) is 4. The first-order chi connectivity index (χ1) is 9.46. The highest BCUT2D eigenvalue weighted by molar-refractivity contribution is 7.99. The van der Waals surface area contributed by atoms with Gasteiger partial charge >= 0.3 is 0 Å². The van der Waals surface area contributed by atoms with Crippen LogP contribution in [0.5, 0.6) is 0 Å². The van der Waals surface area contributed by atoms with Crippen LogP contribution in [0.15, 0.2) is 23.1 Å². The summed E-state index contributed by atoms with van der Waals surface area (Å²) in [4.78, 5) is 0.312. The number of hydrogen-bond donors (Lipinski definition) is 1. The van der Waals surface area contributed by atoms with Crippen LogP contribution in [0.2, 0.25) is 5.02 Å². The molecule has 1 N–H and O–H groups in total. The molecule has 20 heavy (non-hydrogen) atoms. The first-order valence-corrected chi connectivity index (χ1v) is 9.43. The Labute approximate surface area is 129 Å². The van der Waals surface area contributed by atoms with Gasteiger partial charge in [-0.2, -0.15) is 16.1 Å². The van der Waals surface area contributed by atoms with E-state index in [1.807, 2.05) is 0 Å². The van der Waals surface area contributed by atoms with Crippen molar-refractivity contribution in [1.29, 1.82) is 0 Å². The Balaban J connectivity index is 2.31. The van der Waals surface area contributed by atoms with E-state index in [0.29, 0.717) is 16.5 Å². The van der Waals surface area contributed by atoms with Crippen LogP contribution in [0.25, 0.3) is 0 Å². The number of benzene rings is 1. The zero-order valence-corrected chi connectivity index (χ0v) is 14.0. The minimum Gasteiger partial charge on any atom is -0.316 e. The summed E-state index contributed by atoms with van der Waals surface area (Å²) in [5.74, 6) is 1.89. The highest BCUT2D eigenvalue weighted by Crippen LogP contribution is 2.28. The lowest BCUT2D eigenvalue weighted by molar-refractivity contribution is 0.394. The molecule has 2 rings (SSSR count). The lowest BCUT2D eigenvalue weighted by Gasteiger charge is -2.23. The Bertz CT molecular complexity index is 572. The van der Waals surface area contributed by atoms with Crippen molar-refractivity contribution < 1.29 is 8.42 Å². The molecule has 112 valence electrons. The molecule has 0 amide bonds. The Hall–Kier alpha value is -0.270. The van der Waals surface area contributed by atoms with Gasteiger partial charge in [0.25, 0.3) is 0 Å². The molecule has 1 aromatic rings. The van der Waals surface area contributed by atoms with Crippen molar-refractivity contribution >= 4 is 33.4 Å². The highest BCUT2D eigenvalue weighted by Gasteiger charge is 2.30. The van der Waals surface area contributed by atoms with Crippen LogP contribution < -0.4 is 5.32 Å². The molecular weight excluding hydrogens is 316 g/mol. The lowest BCUT2D eigenvalue weighted by atomic mass is 10.2. The van der Waals surface area contributed by atoms with E-state index in [2.05, 4.69) is 5.32 Å². The second-order valence-electron chi connectivity index (χ2n) is 4.82. The van der Waals surface area contributed by atoms with E-state index in [0.717, 1.165) is 23.5 Å². The highest BCUT2D eigenvalue weighted by atomic mass is 35.5. The summed E-state index contributed by atoms with van der Waals surface area (Å²) in [5.41, 5.74) is 0.796. The van der Waals surface area contributed by atoms with Crippen LogP contribution in [-0.2, 0) is 16.6 Å². The molecule has 1 aliphatic rings. The Morgan fingerprint density at radius 3 is 2.85 bits per heavy atom. The van der Waals surface area contributed by atoms with Gasteiger partial charge in [-0.15, -0.1) is 0 Å². The summed E-state index contributed by atoms with van der Waals surface area (Å²) >= 11 is 7.88. The molecule has 1 atom stereocenters. The predicted octanol–water partition coefficient (Wildman–Crippen LogP) is 2.19. The van der Waals surface area contributed by atoms with Crippen molar-refractivity contribution in [1.82, 2.24) is 9.62 Å².